The van der Waals surface area contributed by atoms with Crippen molar-refractivity contribution in [3.63, 3.8) is 0 Å². The van der Waals surface area contributed by atoms with Crippen molar-refractivity contribution >= 4 is 50.3 Å². The smallest absolute Gasteiger partial charge is 0.295 e. The van der Waals surface area contributed by atoms with Crippen molar-refractivity contribution in [1.29, 1.82) is 0 Å². The molecule has 0 bridgehead atoms. The minimum Gasteiger partial charge on any atom is -0.379 e. The number of hydrogen-bond acceptors (Lipinski definition) is 7. The lowest BCUT2D eigenvalue weighted by atomic mass is 10.1. The molecule has 2 aromatic carbocycles. The number of nitrogens with zero attached hydrogens (tertiary/aromatic N) is 3. The van der Waals surface area contributed by atoms with E-state index >= 15 is 0 Å². The number of nitrogens with one attached hydrogen (secondary N) is 1. The Balaban J connectivity index is 1.88. The van der Waals surface area contributed by atoms with Crippen LogP contribution in [0.4, 0.5) is 11.4 Å². The van der Waals surface area contributed by atoms with E-state index in [0.717, 1.165) is 6.07 Å². The standard InChI is InChI=1S/C18H18Cl2N4O5S/c1-12(13-2-4-15(19)16(20)10-13)21-22-17-5-3-14(11-18(17)24(25)26)30(27,28)23-6-8-29-9-7-23/h2-5,10-11,22H,6-9H2,1H3/b21-12-. The van der Waals surface area contributed by atoms with Crippen molar-refractivity contribution in [2.24, 2.45) is 5.10 Å². The Bertz CT molecular complexity index is 1100. The van der Waals surface area contributed by atoms with Crippen LogP contribution < -0.4 is 5.43 Å². The molecule has 12 heteroatoms. The van der Waals surface area contributed by atoms with Crippen LogP contribution in [0.15, 0.2) is 46.4 Å². The second kappa shape index (κ2) is 9.27. The Labute approximate surface area is 183 Å². The van der Waals surface area contributed by atoms with Gasteiger partial charge in [-0.05, 0) is 36.8 Å². The Morgan fingerprint density at radius 2 is 1.87 bits per heavy atom. The van der Waals surface area contributed by atoms with E-state index in [1.807, 2.05) is 0 Å². The molecule has 30 heavy (non-hydrogen) atoms. The van der Waals surface area contributed by atoms with Crippen molar-refractivity contribution in [3.8, 4) is 0 Å². The molecule has 1 fully saturated rings. The third kappa shape index (κ3) is 4.90. The Hall–Kier alpha value is -2.24. The summed E-state index contributed by atoms with van der Waals surface area (Å²) in [7, 11) is -3.86. The molecule has 1 heterocycles. The molecule has 1 aliphatic heterocycles. The zero-order valence-corrected chi connectivity index (χ0v) is 18.2. The molecule has 2 aromatic rings. The van der Waals surface area contributed by atoms with E-state index in [1.165, 1.54) is 16.4 Å². The van der Waals surface area contributed by atoms with Gasteiger partial charge in [0, 0.05) is 19.2 Å². The molecular weight excluding hydrogens is 455 g/mol. The Morgan fingerprint density at radius 1 is 1.17 bits per heavy atom. The maximum atomic E-state index is 12.8. The van der Waals surface area contributed by atoms with Crippen LogP contribution in [-0.2, 0) is 14.8 Å². The first-order valence-electron chi connectivity index (χ1n) is 8.82. The maximum Gasteiger partial charge on any atom is 0.295 e. The zero-order chi connectivity index (χ0) is 21.9. The van der Waals surface area contributed by atoms with Crippen LogP contribution >= 0.6 is 23.2 Å². The number of nitro groups is 1. The summed E-state index contributed by atoms with van der Waals surface area (Å²) in [5.74, 6) is 0. The fourth-order valence-electron chi connectivity index (χ4n) is 2.78. The molecule has 0 aromatic heterocycles. The predicted molar refractivity (Wildman–Crippen MR) is 115 cm³/mol. The average molecular weight is 473 g/mol. The molecule has 0 saturated carbocycles. The monoisotopic (exact) mass is 472 g/mol. The minimum absolute atomic E-state index is 0.0559. The predicted octanol–water partition coefficient (Wildman–Crippen LogP) is 3.76. The lowest BCUT2D eigenvalue weighted by Crippen LogP contribution is -2.40. The van der Waals surface area contributed by atoms with Crippen molar-refractivity contribution in [2.45, 2.75) is 11.8 Å². The van der Waals surface area contributed by atoms with Gasteiger partial charge in [-0.2, -0.15) is 9.41 Å². The molecule has 0 radical (unpaired) electrons. The van der Waals surface area contributed by atoms with Gasteiger partial charge < -0.3 is 4.74 Å². The molecule has 0 unspecified atom stereocenters. The van der Waals surface area contributed by atoms with E-state index in [-0.39, 0.29) is 36.9 Å². The first-order valence-corrected chi connectivity index (χ1v) is 11.0. The number of sulfonamides is 1. The summed E-state index contributed by atoms with van der Waals surface area (Å²) in [5.41, 5.74) is 3.45. The topological polar surface area (TPSA) is 114 Å². The fraction of sp³-hybridized carbons (Fsp3) is 0.278. The molecule has 3 rings (SSSR count). The molecule has 0 amide bonds. The first kappa shape index (κ1) is 22.4. The number of morpholine rings is 1. The number of hydrazone groups is 1. The summed E-state index contributed by atoms with van der Waals surface area (Å²) in [6, 6.07) is 8.60. The number of nitro benzene ring substituents is 1. The fourth-order valence-corrected chi connectivity index (χ4v) is 4.51. The van der Waals surface area contributed by atoms with Crippen LogP contribution in [0.3, 0.4) is 0 Å². The van der Waals surface area contributed by atoms with Crippen LogP contribution in [-0.4, -0.2) is 49.7 Å². The molecule has 0 aliphatic carbocycles. The summed E-state index contributed by atoms with van der Waals surface area (Å²) < 4.78 is 31.9. The molecule has 9 nitrogen and oxygen atoms in total. The van der Waals surface area contributed by atoms with Crippen LogP contribution in [0, 0.1) is 10.1 Å². The van der Waals surface area contributed by atoms with Gasteiger partial charge in [-0.1, -0.05) is 29.3 Å². The quantitative estimate of drug-likeness (QED) is 0.388. The van der Waals surface area contributed by atoms with Gasteiger partial charge in [-0.15, -0.1) is 0 Å². The van der Waals surface area contributed by atoms with E-state index in [4.69, 9.17) is 27.9 Å². The van der Waals surface area contributed by atoms with Crippen LogP contribution in [0.2, 0.25) is 10.0 Å². The Kier molecular flexibility index (Phi) is 6.94. The van der Waals surface area contributed by atoms with Gasteiger partial charge in [0.2, 0.25) is 10.0 Å². The first-order chi connectivity index (χ1) is 14.2. The highest BCUT2D eigenvalue weighted by molar-refractivity contribution is 7.89. The van der Waals surface area contributed by atoms with Gasteiger partial charge in [0.15, 0.2) is 0 Å². The zero-order valence-electron chi connectivity index (χ0n) is 15.8. The molecule has 160 valence electrons. The third-order valence-electron chi connectivity index (χ3n) is 4.46. The van der Waals surface area contributed by atoms with Crippen LogP contribution in [0.1, 0.15) is 12.5 Å². The van der Waals surface area contributed by atoms with E-state index in [1.54, 1.807) is 25.1 Å². The minimum atomic E-state index is -3.86. The van der Waals surface area contributed by atoms with Gasteiger partial charge in [0.05, 0.1) is 38.8 Å². The lowest BCUT2D eigenvalue weighted by Gasteiger charge is -2.26. The van der Waals surface area contributed by atoms with Crippen LogP contribution in [0.5, 0.6) is 0 Å². The van der Waals surface area contributed by atoms with E-state index in [0.29, 0.717) is 21.3 Å². The lowest BCUT2D eigenvalue weighted by molar-refractivity contribution is -0.384. The molecule has 1 saturated heterocycles. The van der Waals surface area contributed by atoms with Crippen molar-refractivity contribution < 1.29 is 18.1 Å². The molecule has 0 atom stereocenters. The van der Waals surface area contributed by atoms with Crippen molar-refractivity contribution in [2.75, 3.05) is 31.7 Å². The summed E-state index contributed by atoms with van der Waals surface area (Å²) in [5, 5.41) is 16.4. The molecule has 0 spiro atoms. The third-order valence-corrected chi connectivity index (χ3v) is 7.09. The normalized spacial score (nSPS) is 15.8. The molecule has 1 aliphatic rings. The summed E-state index contributed by atoms with van der Waals surface area (Å²) >= 11 is 11.9. The summed E-state index contributed by atoms with van der Waals surface area (Å²) in [6.45, 7) is 2.65. The number of halogens is 2. The SMILES string of the molecule is C/C(=N/Nc1ccc(S(=O)(=O)N2CCOCC2)cc1[N+](=O)[O-])c1ccc(Cl)c(Cl)c1. The van der Waals surface area contributed by atoms with Crippen molar-refractivity contribution in [1.82, 2.24) is 4.31 Å². The average Bonchev–Trinajstić information content (AvgIpc) is 2.74. The number of benzene rings is 2. The van der Waals surface area contributed by atoms with E-state index in [2.05, 4.69) is 10.5 Å². The molecular formula is C18H18Cl2N4O5S. The maximum absolute atomic E-state index is 12.8. The second-order valence-corrected chi connectivity index (χ2v) is 9.14. The van der Waals surface area contributed by atoms with Gasteiger partial charge in [-0.25, -0.2) is 8.42 Å². The van der Waals surface area contributed by atoms with Gasteiger partial charge >= 0.3 is 0 Å². The van der Waals surface area contributed by atoms with Gasteiger partial charge in [-0.3, -0.25) is 15.5 Å². The summed E-state index contributed by atoms with van der Waals surface area (Å²) in [4.78, 5) is 10.7. The number of rotatable bonds is 6. The van der Waals surface area contributed by atoms with Gasteiger partial charge in [0.25, 0.3) is 5.69 Å². The highest BCUT2D eigenvalue weighted by atomic mass is 35.5. The summed E-state index contributed by atoms with van der Waals surface area (Å²) in [6.07, 6.45) is 0. The molecule has 1 N–H and O–H groups in total. The Morgan fingerprint density at radius 3 is 2.50 bits per heavy atom. The number of ether oxygens (including phenoxy) is 1. The van der Waals surface area contributed by atoms with E-state index < -0.39 is 20.6 Å². The van der Waals surface area contributed by atoms with E-state index in [9.17, 15) is 18.5 Å². The largest absolute Gasteiger partial charge is 0.379 e. The highest BCUT2D eigenvalue weighted by Gasteiger charge is 2.28. The second-order valence-electron chi connectivity index (χ2n) is 6.39. The van der Waals surface area contributed by atoms with Crippen LogP contribution in [0.25, 0.3) is 0 Å². The van der Waals surface area contributed by atoms with Crippen molar-refractivity contribution in [3.05, 3.63) is 62.1 Å². The number of anilines is 1. The van der Waals surface area contributed by atoms with Gasteiger partial charge in [0.1, 0.15) is 5.69 Å². The number of hydrogen-bond donors (Lipinski definition) is 1. The highest BCUT2D eigenvalue weighted by Crippen LogP contribution is 2.29.